The van der Waals surface area contributed by atoms with Gasteiger partial charge < -0.3 is 10.4 Å². The highest BCUT2D eigenvalue weighted by Gasteiger charge is 2.13. The standard InChI is InChI=1S/C13H11BrFNO2S/c1-7(12-5-9(14)6-19-12)16-11-4-8(13(17)18)2-3-10(11)15/h2-7,16H,1H3,(H,17,18). The van der Waals surface area contributed by atoms with Crippen LogP contribution in [-0.2, 0) is 0 Å². The van der Waals surface area contributed by atoms with Gasteiger partial charge in [-0.05, 0) is 47.1 Å². The molecule has 1 atom stereocenters. The summed E-state index contributed by atoms with van der Waals surface area (Å²) < 4.78 is 14.6. The van der Waals surface area contributed by atoms with E-state index >= 15 is 0 Å². The number of rotatable bonds is 4. The van der Waals surface area contributed by atoms with Gasteiger partial charge in [0.2, 0.25) is 0 Å². The van der Waals surface area contributed by atoms with E-state index in [-0.39, 0.29) is 17.3 Å². The van der Waals surface area contributed by atoms with E-state index in [1.54, 1.807) is 11.3 Å². The van der Waals surface area contributed by atoms with Crippen LogP contribution in [0, 0.1) is 5.82 Å². The monoisotopic (exact) mass is 343 g/mol. The molecule has 6 heteroatoms. The lowest BCUT2D eigenvalue weighted by Gasteiger charge is -2.14. The molecule has 0 saturated heterocycles. The molecule has 0 saturated carbocycles. The molecule has 2 aromatic rings. The van der Waals surface area contributed by atoms with Crippen molar-refractivity contribution >= 4 is 38.9 Å². The fourth-order valence-corrected chi connectivity index (χ4v) is 3.08. The lowest BCUT2D eigenvalue weighted by atomic mass is 10.1. The Morgan fingerprint density at radius 2 is 2.21 bits per heavy atom. The van der Waals surface area contributed by atoms with Crippen molar-refractivity contribution in [3.05, 3.63) is 50.4 Å². The Bertz CT molecular complexity index is 614. The summed E-state index contributed by atoms with van der Waals surface area (Å²) in [6, 6.07) is 5.55. The zero-order valence-electron chi connectivity index (χ0n) is 9.98. The second kappa shape index (κ2) is 5.71. The van der Waals surface area contributed by atoms with Crippen LogP contribution < -0.4 is 5.32 Å². The lowest BCUT2D eigenvalue weighted by molar-refractivity contribution is 0.0697. The van der Waals surface area contributed by atoms with Crippen molar-refractivity contribution in [1.82, 2.24) is 0 Å². The third-order valence-corrected chi connectivity index (χ3v) is 4.48. The molecule has 1 aromatic heterocycles. The van der Waals surface area contributed by atoms with Gasteiger partial charge in [0.25, 0.3) is 0 Å². The number of nitrogens with one attached hydrogen (secondary N) is 1. The maximum Gasteiger partial charge on any atom is 0.335 e. The fourth-order valence-electron chi connectivity index (χ4n) is 1.63. The highest BCUT2D eigenvalue weighted by molar-refractivity contribution is 9.10. The first-order valence-corrected chi connectivity index (χ1v) is 7.18. The molecule has 2 N–H and O–H groups in total. The number of thiophene rings is 1. The van der Waals surface area contributed by atoms with Gasteiger partial charge in [0.1, 0.15) is 5.82 Å². The molecule has 1 aromatic carbocycles. The number of aromatic carboxylic acids is 1. The molecule has 0 amide bonds. The van der Waals surface area contributed by atoms with Crippen LogP contribution in [0.25, 0.3) is 0 Å². The summed E-state index contributed by atoms with van der Waals surface area (Å²) in [4.78, 5) is 11.9. The number of carboxylic acid groups (broad SMARTS) is 1. The van der Waals surface area contributed by atoms with Gasteiger partial charge in [0, 0.05) is 14.7 Å². The second-order valence-corrected chi connectivity index (χ2v) is 5.89. The average Bonchev–Trinajstić information content (AvgIpc) is 2.78. The van der Waals surface area contributed by atoms with E-state index in [0.717, 1.165) is 15.4 Å². The van der Waals surface area contributed by atoms with Crippen molar-refractivity contribution in [2.75, 3.05) is 5.32 Å². The number of carbonyl (C=O) groups is 1. The maximum atomic E-state index is 13.7. The smallest absolute Gasteiger partial charge is 0.335 e. The normalized spacial score (nSPS) is 12.2. The molecular weight excluding hydrogens is 333 g/mol. The minimum atomic E-state index is -1.07. The molecule has 0 bridgehead atoms. The quantitative estimate of drug-likeness (QED) is 0.857. The number of hydrogen-bond donors (Lipinski definition) is 2. The second-order valence-electron chi connectivity index (χ2n) is 4.03. The molecule has 0 fully saturated rings. The Morgan fingerprint density at radius 1 is 1.47 bits per heavy atom. The van der Waals surface area contributed by atoms with E-state index in [1.165, 1.54) is 12.1 Å². The van der Waals surface area contributed by atoms with Crippen molar-refractivity contribution in [2.45, 2.75) is 13.0 Å². The molecule has 2 rings (SSSR count). The zero-order chi connectivity index (χ0) is 14.0. The third kappa shape index (κ3) is 3.33. The summed E-state index contributed by atoms with van der Waals surface area (Å²) in [7, 11) is 0. The summed E-state index contributed by atoms with van der Waals surface area (Å²) in [5, 5.41) is 13.8. The number of halogens is 2. The first kappa shape index (κ1) is 14.0. The van der Waals surface area contributed by atoms with E-state index in [1.807, 2.05) is 18.4 Å². The molecule has 0 radical (unpaired) electrons. The topological polar surface area (TPSA) is 49.3 Å². The number of benzene rings is 1. The van der Waals surface area contributed by atoms with E-state index in [2.05, 4.69) is 21.2 Å². The predicted octanol–water partition coefficient (Wildman–Crippen LogP) is 4.52. The molecule has 0 aliphatic heterocycles. The summed E-state index contributed by atoms with van der Waals surface area (Å²) in [5.41, 5.74) is 0.250. The Balaban J connectivity index is 2.22. The van der Waals surface area contributed by atoms with Gasteiger partial charge in [-0.15, -0.1) is 11.3 Å². The number of anilines is 1. The first-order valence-electron chi connectivity index (χ1n) is 5.50. The van der Waals surface area contributed by atoms with Gasteiger partial charge in [-0.25, -0.2) is 9.18 Å². The molecule has 100 valence electrons. The molecule has 0 aliphatic rings. The van der Waals surface area contributed by atoms with Crippen LogP contribution >= 0.6 is 27.3 Å². The van der Waals surface area contributed by atoms with Crippen LogP contribution in [0.5, 0.6) is 0 Å². The fraction of sp³-hybridized carbons (Fsp3) is 0.154. The Morgan fingerprint density at radius 3 is 2.79 bits per heavy atom. The Hall–Kier alpha value is -1.40. The first-order chi connectivity index (χ1) is 8.97. The maximum absolute atomic E-state index is 13.7. The van der Waals surface area contributed by atoms with E-state index < -0.39 is 11.8 Å². The summed E-state index contributed by atoms with van der Waals surface area (Å²) in [5.74, 6) is -1.54. The van der Waals surface area contributed by atoms with E-state index in [0.29, 0.717) is 0 Å². The van der Waals surface area contributed by atoms with Gasteiger partial charge in [0.05, 0.1) is 17.3 Å². The molecule has 0 spiro atoms. The molecule has 3 nitrogen and oxygen atoms in total. The molecule has 1 heterocycles. The summed E-state index contributed by atoms with van der Waals surface area (Å²) >= 11 is 4.91. The highest BCUT2D eigenvalue weighted by atomic mass is 79.9. The molecule has 19 heavy (non-hydrogen) atoms. The molecular formula is C13H11BrFNO2S. The van der Waals surface area contributed by atoms with Crippen LogP contribution in [0.15, 0.2) is 34.1 Å². The van der Waals surface area contributed by atoms with Crippen LogP contribution in [0.3, 0.4) is 0 Å². The van der Waals surface area contributed by atoms with Crippen LogP contribution in [0.1, 0.15) is 28.2 Å². The van der Waals surface area contributed by atoms with Gasteiger partial charge in [0.15, 0.2) is 0 Å². The minimum absolute atomic E-state index is 0.0588. The zero-order valence-corrected chi connectivity index (χ0v) is 12.4. The van der Waals surface area contributed by atoms with Crippen LogP contribution in [0.2, 0.25) is 0 Å². The summed E-state index contributed by atoms with van der Waals surface area (Å²) in [6.45, 7) is 1.89. The molecule has 0 aliphatic carbocycles. The SMILES string of the molecule is CC(Nc1cc(C(=O)O)ccc1F)c1cc(Br)cs1. The van der Waals surface area contributed by atoms with Crippen LogP contribution in [0.4, 0.5) is 10.1 Å². The number of hydrogen-bond acceptors (Lipinski definition) is 3. The van der Waals surface area contributed by atoms with Crippen molar-refractivity contribution in [3.63, 3.8) is 0 Å². The van der Waals surface area contributed by atoms with Gasteiger partial charge in [-0.2, -0.15) is 0 Å². The highest BCUT2D eigenvalue weighted by Crippen LogP contribution is 2.29. The van der Waals surface area contributed by atoms with E-state index in [4.69, 9.17) is 5.11 Å². The van der Waals surface area contributed by atoms with Crippen LogP contribution in [-0.4, -0.2) is 11.1 Å². The average molecular weight is 344 g/mol. The van der Waals surface area contributed by atoms with Gasteiger partial charge >= 0.3 is 5.97 Å². The van der Waals surface area contributed by atoms with Crippen molar-refractivity contribution in [3.8, 4) is 0 Å². The van der Waals surface area contributed by atoms with Gasteiger partial charge in [-0.3, -0.25) is 0 Å². The van der Waals surface area contributed by atoms with Gasteiger partial charge in [-0.1, -0.05) is 0 Å². The largest absolute Gasteiger partial charge is 0.478 e. The van der Waals surface area contributed by atoms with Crippen molar-refractivity contribution in [2.24, 2.45) is 0 Å². The summed E-state index contributed by atoms with van der Waals surface area (Å²) in [6.07, 6.45) is 0. The predicted molar refractivity (Wildman–Crippen MR) is 77.4 cm³/mol. The Labute approximate surface area is 122 Å². The Kier molecular flexibility index (Phi) is 4.21. The number of carboxylic acids is 1. The molecule has 1 unspecified atom stereocenters. The third-order valence-electron chi connectivity index (χ3n) is 2.60. The lowest BCUT2D eigenvalue weighted by Crippen LogP contribution is -2.08. The van der Waals surface area contributed by atoms with E-state index in [9.17, 15) is 9.18 Å². The van der Waals surface area contributed by atoms with Crippen molar-refractivity contribution < 1.29 is 14.3 Å². The van der Waals surface area contributed by atoms with Crippen molar-refractivity contribution in [1.29, 1.82) is 0 Å². The minimum Gasteiger partial charge on any atom is -0.478 e.